The number of imidazole rings is 1. The largest absolute Gasteiger partial charge is 0.343 e. The Hall–Kier alpha value is -1.36. The molecule has 0 saturated carbocycles. The van der Waals surface area contributed by atoms with Crippen LogP contribution in [0.4, 0.5) is 0 Å². The standard InChI is InChI=1S/C13H24N4O/c1-4-17(5-2)13(18)7-9-14-8-6-12-15-10-11-16(12)3/h10-11,14H,4-9H2,1-3H3. The van der Waals surface area contributed by atoms with Gasteiger partial charge in [0.25, 0.3) is 0 Å². The van der Waals surface area contributed by atoms with Crippen molar-refractivity contribution in [3.05, 3.63) is 18.2 Å². The molecule has 0 aromatic carbocycles. The molecular weight excluding hydrogens is 228 g/mol. The van der Waals surface area contributed by atoms with Crippen molar-refractivity contribution in [3.63, 3.8) is 0 Å². The van der Waals surface area contributed by atoms with Gasteiger partial charge in [0, 0.05) is 58.5 Å². The van der Waals surface area contributed by atoms with Gasteiger partial charge in [0.2, 0.25) is 5.91 Å². The minimum Gasteiger partial charge on any atom is -0.343 e. The van der Waals surface area contributed by atoms with Crippen LogP contribution in [0.5, 0.6) is 0 Å². The Bertz CT molecular complexity index is 358. The van der Waals surface area contributed by atoms with Crippen LogP contribution in [-0.2, 0) is 18.3 Å². The molecule has 1 aromatic rings. The lowest BCUT2D eigenvalue weighted by atomic mass is 10.3. The zero-order chi connectivity index (χ0) is 13.4. The van der Waals surface area contributed by atoms with E-state index in [0.717, 1.165) is 38.4 Å². The van der Waals surface area contributed by atoms with Gasteiger partial charge in [0.05, 0.1) is 0 Å². The molecule has 5 heteroatoms. The zero-order valence-corrected chi connectivity index (χ0v) is 11.6. The van der Waals surface area contributed by atoms with Gasteiger partial charge in [-0.05, 0) is 13.8 Å². The second kappa shape index (κ2) is 7.87. The van der Waals surface area contributed by atoms with E-state index in [0.29, 0.717) is 6.42 Å². The molecule has 1 amide bonds. The van der Waals surface area contributed by atoms with Crippen LogP contribution in [0, 0.1) is 0 Å². The highest BCUT2D eigenvalue weighted by Crippen LogP contribution is 1.95. The van der Waals surface area contributed by atoms with Gasteiger partial charge >= 0.3 is 0 Å². The summed E-state index contributed by atoms with van der Waals surface area (Å²) in [6.07, 6.45) is 5.21. The molecule has 0 unspecified atom stereocenters. The second-order valence-electron chi connectivity index (χ2n) is 4.27. The molecule has 0 aliphatic carbocycles. The van der Waals surface area contributed by atoms with E-state index in [1.807, 2.05) is 36.6 Å². The summed E-state index contributed by atoms with van der Waals surface area (Å²) in [6, 6.07) is 0. The summed E-state index contributed by atoms with van der Waals surface area (Å²) in [5.41, 5.74) is 0. The van der Waals surface area contributed by atoms with Crippen LogP contribution in [0.1, 0.15) is 26.1 Å². The Morgan fingerprint density at radius 2 is 2.11 bits per heavy atom. The van der Waals surface area contributed by atoms with Crippen LogP contribution < -0.4 is 5.32 Å². The van der Waals surface area contributed by atoms with Gasteiger partial charge in [-0.25, -0.2) is 4.98 Å². The number of carbonyl (C=O) groups is 1. The molecule has 0 atom stereocenters. The highest BCUT2D eigenvalue weighted by Gasteiger charge is 2.08. The lowest BCUT2D eigenvalue weighted by Crippen LogP contribution is -2.33. The fourth-order valence-corrected chi connectivity index (χ4v) is 1.89. The van der Waals surface area contributed by atoms with E-state index in [4.69, 9.17) is 0 Å². The van der Waals surface area contributed by atoms with Crippen molar-refractivity contribution < 1.29 is 4.79 Å². The summed E-state index contributed by atoms with van der Waals surface area (Å²) >= 11 is 0. The van der Waals surface area contributed by atoms with Crippen LogP contribution in [-0.4, -0.2) is 46.5 Å². The highest BCUT2D eigenvalue weighted by atomic mass is 16.2. The van der Waals surface area contributed by atoms with E-state index in [1.165, 1.54) is 0 Å². The molecule has 0 spiro atoms. The second-order valence-corrected chi connectivity index (χ2v) is 4.27. The molecule has 0 aliphatic heterocycles. The normalized spacial score (nSPS) is 10.6. The third-order valence-corrected chi connectivity index (χ3v) is 3.08. The quantitative estimate of drug-likeness (QED) is 0.697. The van der Waals surface area contributed by atoms with E-state index in [2.05, 4.69) is 10.3 Å². The first-order valence-corrected chi connectivity index (χ1v) is 6.63. The number of nitrogens with one attached hydrogen (secondary N) is 1. The lowest BCUT2D eigenvalue weighted by molar-refractivity contribution is -0.130. The summed E-state index contributed by atoms with van der Waals surface area (Å²) in [5, 5.41) is 3.28. The van der Waals surface area contributed by atoms with Gasteiger partial charge in [-0.15, -0.1) is 0 Å². The van der Waals surface area contributed by atoms with Gasteiger partial charge in [-0.2, -0.15) is 0 Å². The fraction of sp³-hybridized carbons (Fsp3) is 0.692. The van der Waals surface area contributed by atoms with Crippen molar-refractivity contribution in [1.29, 1.82) is 0 Å². The minimum atomic E-state index is 0.226. The van der Waals surface area contributed by atoms with Crippen molar-refractivity contribution in [3.8, 4) is 0 Å². The molecule has 0 bridgehead atoms. The first kappa shape index (κ1) is 14.7. The van der Waals surface area contributed by atoms with Crippen molar-refractivity contribution in [2.75, 3.05) is 26.2 Å². The Labute approximate surface area is 109 Å². The van der Waals surface area contributed by atoms with Crippen LogP contribution in [0.25, 0.3) is 0 Å². The van der Waals surface area contributed by atoms with E-state index in [1.54, 1.807) is 6.20 Å². The van der Waals surface area contributed by atoms with E-state index >= 15 is 0 Å². The van der Waals surface area contributed by atoms with Crippen molar-refractivity contribution in [2.45, 2.75) is 26.7 Å². The number of amides is 1. The maximum atomic E-state index is 11.7. The predicted octanol–water partition coefficient (Wildman–Crippen LogP) is 0.811. The van der Waals surface area contributed by atoms with Crippen molar-refractivity contribution in [2.24, 2.45) is 7.05 Å². The number of hydrogen-bond donors (Lipinski definition) is 1. The molecule has 0 saturated heterocycles. The van der Waals surface area contributed by atoms with Crippen LogP contribution in [0.2, 0.25) is 0 Å². The molecule has 5 nitrogen and oxygen atoms in total. The van der Waals surface area contributed by atoms with Crippen molar-refractivity contribution >= 4 is 5.91 Å². The summed E-state index contributed by atoms with van der Waals surface area (Å²) in [6.45, 7) is 7.20. The summed E-state index contributed by atoms with van der Waals surface area (Å²) in [5.74, 6) is 1.29. The topological polar surface area (TPSA) is 50.2 Å². The Morgan fingerprint density at radius 3 is 2.67 bits per heavy atom. The Balaban J connectivity index is 2.12. The van der Waals surface area contributed by atoms with Gasteiger partial charge in [-0.1, -0.05) is 0 Å². The van der Waals surface area contributed by atoms with Crippen LogP contribution >= 0.6 is 0 Å². The third-order valence-electron chi connectivity index (χ3n) is 3.08. The average molecular weight is 252 g/mol. The van der Waals surface area contributed by atoms with E-state index in [9.17, 15) is 4.79 Å². The van der Waals surface area contributed by atoms with Gasteiger partial charge in [0.15, 0.2) is 0 Å². The Kier molecular flexibility index (Phi) is 6.43. The van der Waals surface area contributed by atoms with E-state index in [-0.39, 0.29) is 5.91 Å². The number of aryl methyl sites for hydroxylation is 1. The zero-order valence-electron chi connectivity index (χ0n) is 11.6. The highest BCUT2D eigenvalue weighted by molar-refractivity contribution is 5.76. The maximum absolute atomic E-state index is 11.7. The molecular formula is C13H24N4O. The monoisotopic (exact) mass is 252 g/mol. The molecule has 1 aromatic heterocycles. The number of carbonyl (C=O) groups excluding carboxylic acids is 1. The number of hydrogen-bond acceptors (Lipinski definition) is 3. The molecule has 0 fully saturated rings. The fourth-order valence-electron chi connectivity index (χ4n) is 1.89. The van der Waals surface area contributed by atoms with E-state index < -0.39 is 0 Å². The summed E-state index contributed by atoms with van der Waals surface area (Å²) in [7, 11) is 1.99. The number of nitrogens with zero attached hydrogens (tertiary/aromatic N) is 3. The number of aromatic nitrogens is 2. The molecule has 1 heterocycles. The molecule has 0 aliphatic rings. The third kappa shape index (κ3) is 4.49. The van der Waals surface area contributed by atoms with Crippen LogP contribution in [0.3, 0.4) is 0 Å². The molecule has 18 heavy (non-hydrogen) atoms. The van der Waals surface area contributed by atoms with Gasteiger partial charge < -0.3 is 14.8 Å². The smallest absolute Gasteiger partial charge is 0.223 e. The molecule has 1 N–H and O–H groups in total. The summed E-state index contributed by atoms with van der Waals surface area (Å²) < 4.78 is 2.02. The van der Waals surface area contributed by atoms with Gasteiger partial charge in [-0.3, -0.25) is 4.79 Å². The average Bonchev–Trinajstić information content (AvgIpc) is 2.76. The number of rotatable bonds is 8. The summed E-state index contributed by atoms with van der Waals surface area (Å²) in [4.78, 5) is 17.8. The maximum Gasteiger partial charge on any atom is 0.223 e. The first-order valence-electron chi connectivity index (χ1n) is 6.63. The van der Waals surface area contributed by atoms with Crippen molar-refractivity contribution in [1.82, 2.24) is 19.8 Å². The van der Waals surface area contributed by atoms with Crippen LogP contribution in [0.15, 0.2) is 12.4 Å². The minimum absolute atomic E-state index is 0.226. The lowest BCUT2D eigenvalue weighted by Gasteiger charge is -2.18. The molecule has 102 valence electrons. The van der Waals surface area contributed by atoms with Gasteiger partial charge in [0.1, 0.15) is 5.82 Å². The molecule has 1 rings (SSSR count). The SMILES string of the molecule is CCN(CC)C(=O)CCNCCc1nccn1C. The molecule has 0 radical (unpaired) electrons. The predicted molar refractivity (Wildman–Crippen MR) is 72.3 cm³/mol. The first-order chi connectivity index (χ1) is 8.69. The Morgan fingerprint density at radius 1 is 1.39 bits per heavy atom.